The normalized spacial score (nSPS) is 13.3. The first kappa shape index (κ1) is 16.0. The summed E-state index contributed by atoms with van der Waals surface area (Å²) in [6, 6.07) is 8.42. The van der Waals surface area contributed by atoms with Crippen molar-refractivity contribution >= 4 is 17.7 Å². The van der Waals surface area contributed by atoms with E-state index in [0.29, 0.717) is 11.6 Å². The molecular weight excluding hydrogens is 256 g/mol. The van der Waals surface area contributed by atoms with Gasteiger partial charge in [0.2, 0.25) is 0 Å². The summed E-state index contributed by atoms with van der Waals surface area (Å²) in [5.74, 6) is -0.707. The van der Waals surface area contributed by atoms with Crippen LogP contribution in [0.3, 0.4) is 0 Å². The summed E-state index contributed by atoms with van der Waals surface area (Å²) in [5.41, 5.74) is 0.573. The van der Waals surface area contributed by atoms with Crippen molar-refractivity contribution in [1.29, 1.82) is 0 Å². The third-order valence-electron chi connectivity index (χ3n) is 3.46. The molecule has 20 heavy (non-hydrogen) atoms. The third kappa shape index (κ3) is 4.57. The maximum atomic E-state index is 12.3. The van der Waals surface area contributed by atoms with Gasteiger partial charge in [-0.3, -0.25) is 9.69 Å². The molecule has 0 spiro atoms. The highest BCUT2D eigenvalue weighted by Gasteiger charge is 2.21. The fourth-order valence-electron chi connectivity index (χ4n) is 1.79. The first-order valence-corrected chi connectivity index (χ1v) is 6.80. The predicted molar refractivity (Wildman–Crippen MR) is 78.9 cm³/mol. The third-order valence-corrected chi connectivity index (χ3v) is 3.46. The van der Waals surface area contributed by atoms with Crippen LogP contribution in [0.1, 0.15) is 27.2 Å². The second kappa shape index (κ2) is 7.53. The van der Waals surface area contributed by atoms with E-state index >= 15 is 0 Å². The molecule has 5 heteroatoms. The van der Waals surface area contributed by atoms with Gasteiger partial charge < -0.3 is 10.4 Å². The molecule has 0 aliphatic carbocycles. The Kier molecular flexibility index (Phi) is 6.03. The summed E-state index contributed by atoms with van der Waals surface area (Å²) < 4.78 is 0. The summed E-state index contributed by atoms with van der Waals surface area (Å²) in [4.78, 5) is 24.4. The Morgan fingerprint density at radius 1 is 1.25 bits per heavy atom. The van der Waals surface area contributed by atoms with Crippen LogP contribution in [-0.4, -0.2) is 29.7 Å². The van der Waals surface area contributed by atoms with Crippen molar-refractivity contribution < 1.29 is 14.7 Å². The second-order valence-corrected chi connectivity index (χ2v) is 4.94. The first-order valence-electron chi connectivity index (χ1n) is 6.80. The van der Waals surface area contributed by atoms with Crippen molar-refractivity contribution in [1.82, 2.24) is 5.32 Å². The van der Waals surface area contributed by atoms with E-state index in [1.165, 1.54) is 4.90 Å². The van der Waals surface area contributed by atoms with Crippen molar-refractivity contribution in [3.05, 3.63) is 30.3 Å². The number of urea groups is 1. The number of amides is 2. The number of nitrogens with one attached hydrogen (secondary N) is 1. The van der Waals surface area contributed by atoms with Crippen molar-refractivity contribution in [3.63, 3.8) is 0 Å². The molecule has 1 rings (SSSR count). The SMILES string of the molecule is CCC(C)C(C)NC(=O)N(CC(=O)O)c1ccccc1. The van der Waals surface area contributed by atoms with Gasteiger partial charge in [0, 0.05) is 11.7 Å². The average molecular weight is 278 g/mol. The number of carbonyl (C=O) groups excluding carboxylic acids is 1. The molecule has 110 valence electrons. The van der Waals surface area contributed by atoms with E-state index in [1.807, 2.05) is 13.0 Å². The summed E-state index contributed by atoms with van der Waals surface area (Å²) >= 11 is 0. The maximum absolute atomic E-state index is 12.3. The maximum Gasteiger partial charge on any atom is 0.323 e. The van der Waals surface area contributed by atoms with E-state index in [9.17, 15) is 9.59 Å². The highest BCUT2D eigenvalue weighted by Crippen LogP contribution is 2.14. The quantitative estimate of drug-likeness (QED) is 0.840. The smallest absolute Gasteiger partial charge is 0.323 e. The highest BCUT2D eigenvalue weighted by atomic mass is 16.4. The van der Waals surface area contributed by atoms with Gasteiger partial charge >= 0.3 is 12.0 Å². The van der Waals surface area contributed by atoms with E-state index in [-0.39, 0.29) is 18.6 Å². The number of nitrogens with zero attached hydrogens (tertiary/aromatic N) is 1. The minimum Gasteiger partial charge on any atom is -0.480 e. The number of hydrogen-bond acceptors (Lipinski definition) is 2. The molecule has 2 N–H and O–H groups in total. The fourth-order valence-corrected chi connectivity index (χ4v) is 1.79. The lowest BCUT2D eigenvalue weighted by molar-refractivity contribution is -0.135. The molecule has 0 heterocycles. The van der Waals surface area contributed by atoms with E-state index in [1.54, 1.807) is 24.3 Å². The Morgan fingerprint density at radius 3 is 2.35 bits per heavy atom. The summed E-state index contributed by atoms with van der Waals surface area (Å²) in [5, 5.41) is 11.8. The van der Waals surface area contributed by atoms with Gasteiger partial charge in [0.1, 0.15) is 6.54 Å². The van der Waals surface area contributed by atoms with E-state index in [0.717, 1.165) is 6.42 Å². The monoisotopic (exact) mass is 278 g/mol. The standard InChI is InChI=1S/C15H22N2O3/c1-4-11(2)12(3)16-15(20)17(10-14(18)19)13-8-6-5-7-9-13/h5-9,11-12H,4,10H2,1-3H3,(H,16,20)(H,18,19). The Labute approximate surface area is 119 Å². The number of rotatable bonds is 6. The molecule has 2 unspecified atom stereocenters. The number of aliphatic carboxylic acids is 1. The highest BCUT2D eigenvalue weighted by molar-refractivity contribution is 5.96. The lowest BCUT2D eigenvalue weighted by Crippen LogP contribution is -2.47. The van der Waals surface area contributed by atoms with Crippen molar-refractivity contribution in [2.24, 2.45) is 5.92 Å². The molecule has 0 fully saturated rings. The number of hydrogen-bond donors (Lipinski definition) is 2. The molecule has 0 saturated carbocycles. The first-order chi connectivity index (χ1) is 9.45. The Balaban J connectivity index is 2.83. The second-order valence-electron chi connectivity index (χ2n) is 4.94. The molecule has 0 aromatic heterocycles. The van der Waals surface area contributed by atoms with E-state index in [4.69, 9.17) is 5.11 Å². The predicted octanol–water partition coefficient (Wildman–Crippen LogP) is 2.72. The van der Waals surface area contributed by atoms with Crippen LogP contribution in [0.2, 0.25) is 0 Å². The molecule has 0 aliphatic heterocycles. The molecule has 1 aromatic rings. The summed E-state index contributed by atoms with van der Waals surface area (Å²) in [7, 11) is 0. The van der Waals surface area contributed by atoms with Crippen LogP contribution in [-0.2, 0) is 4.79 Å². The minimum atomic E-state index is -1.04. The van der Waals surface area contributed by atoms with Gasteiger partial charge in [-0.2, -0.15) is 0 Å². The van der Waals surface area contributed by atoms with Gasteiger partial charge in [-0.15, -0.1) is 0 Å². The lowest BCUT2D eigenvalue weighted by atomic mass is 10.0. The Morgan fingerprint density at radius 2 is 1.85 bits per heavy atom. The van der Waals surface area contributed by atoms with Crippen LogP contribution in [0, 0.1) is 5.92 Å². The van der Waals surface area contributed by atoms with Gasteiger partial charge in [0.25, 0.3) is 0 Å². The zero-order valence-electron chi connectivity index (χ0n) is 12.2. The van der Waals surface area contributed by atoms with Gasteiger partial charge in [-0.05, 0) is 25.0 Å². The Bertz CT molecular complexity index is 448. The van der Waals surface area contributed by atoms with Crippen LogP contribution in [0.5, 0.6) is 0 Å². The molecule has 5 nitrogen and oxygen atoms in total. The largest absolute Gasteiger partial charge is 0.480 e. The number of anilines is 1. The van der Waals surface area contributed by atoms with Gasteiger partial charge in [0.15, 0.2) is 0 Å². The van der Waals surface area contributed by atoms with Crippen molar-refractivity contribution in [3.8, 4) is 0 Å². The Hall–Kier alpha value is -2.04. The van der Waals surface area contributed by atoms with Crippen LogP contribution in [0.25, 0.3) is 0 Å². The minimum absolute atomic E-state index is 0.00694. The van der Waals surface area contributed by atoms with Gasteiger partial charge in [-0.25, -0.2) is 4.79 Å². The van der Waals surface area contributed by atoms with Crippen LogP contribution in [0.4, 0.5) is 10.5 Å². The van der Waals surface area contributed by atoms with Crippen LogP contribution >= 0.6 is 0 Å². The molecule has 2 atom stereocenters. The number of benzene rings is 1. The molecule has 0 saturated heterocycles. The zero-order valence-corrected chi connectivity index (χ0v) is 12.2. The fraction of sp³-hybridized carbons (Fsp3) is 0.467. The number of carbonyl (C=O) groups is 2. The molecule has 0 bridgehead atoms. The number of carboxylic acid groups (broad SMARTS) is 1. The number of para-hydroxylation sites is 1. The van der Waals surface area contributed by atoms with Gasteiger partial charge in [0.05, 0.1) is 0 Å². The van der Waals surface area contributed by atoms with Crippen molar-refractivity contribution in [2.75, 3.05) is 11.4 Å². The molecule has 1 aromatic carbocycles. The van der Waals surface area contributed by atoms with Crippen LogP contribution < -0.4 is 10.2 Å². The summed E-state index contributed by atoms with van der Waals surface area (Å²) in [6.07, 6.45) is 0.950. The average Bonchev–Trinajstić information content (AvgIpc) is 2.44. The molecule has 0 radical (unpaired) electrons. The number of carboxylic acids is 1. The zero-order chi connectivity index (χ0) is 15.1. The molecule has 2 amide bonds. The summed E-state index contributed by atoms with van der Waals surface area (Å²) in [6.45, 7) is 5.67. The van der Waals surface area contributed by atoms with Crippen molar-refractivity contribution in [2.45, 2.75) is 33.2 Å². The topological polar surface area (TPSA) is 69.6 Å². The molecule has 0 aliphatic rings. The van der Waals surface area contributed by atoms with Crippen LogP contribution in [0.15, 0.2) is 30.3 Å². The van der Waals surface area contributed by atoms with E-state index in [2.05, 4.69) is 19.2 Å². The lowest BCUT2D eigenvalue weighted by Gasteiger charge is -2.26. The van der Waals surface area contributed by atoms with E-state index < -0.39 is 5.97 Å². The molecular formula is C15H22N2O3. The van der Waals surface area contributed by atoms with Gasteiger partial charge in [-0.1, -0.05) is 38.5 Å².